The van der Waals surface area contributed by atoms with E-state index in [0.29, 0.717) is 23.9 Å². The van der Waals surface area contributed by atoms with Crippen LogP contribution in [0.15, 0.2) is 18.2 Å². The van der Waals surface area contributed by atoms with E-state index in [-0.39, 0.29) is 11.7 Å². The van der Waals surface area contributed by atoms with Gasteiger partial charge in [0.05, 0.1) is 23.6 Å². The van der Waals surface area contributed by atoms with E-state index in [1.807, 2.05) is 18.5 Å². The number of fused-ring (bicyclic) bond motifs is 2. The number of carbonyl (C=O) groups is 1. The quantitative estimate of drug-likeness (QED) is 0.772. The van der Waals surface area contributed by atoms with Crippen LogP contribution in [-0.4, -0.2) is 15.7 Å². The third-order valence-electron chi connectivity index (χ3n) is 6.31. The first kappa shape index (κ1) is 18.5. The second-order valence-electron chi connectivity index (χ2n) is 8.13. The second-order valence-corrected chi connectivity index (χ2v) is 8.53. The molecule has 1 N–H and O–H groups in total. The highest BCUT2D eigenvalue weighted by Crippen LogP contribution is 2.49. The van der Waals surface area contributed by atoms with Crippen molar-refractivity contribution >= 4 is 23.2 Å². The highest BCUT2D eigenvalue weighted by Gasteiger charge is 2.40. The van der Waals surface area contributed by atoms with E-state index in [0.717, 1.165) is 34.5 Å². The Morgan fingerprint density at radius 3 is 2.81 bits per heavy atom. The van der Waals surface area contributed by atoms with Gasteiger partial charge in [0.2, 0.25) is 5.91 Å². The number of halogens is 2. The minimum absolute atomic E-state index is 0.0816. The number of carbonyl (C=O) groups excluding carboxylic acids is 1. The molecule has 2 aliphatic carbocycles. The van der Waals surface area contributed by atoms with Crippen LogP contribution in [0.5, 0.6) is 0 Å². The van der Waals surface area contributed by atoms with Crippen LogP contribution in [0.1, 0.15) is 49.1 Å². The van der Waals surface area contributed by atoms with E-state index in [9.17, 15) is 9.18 Å². The molecule has 1 heterocycles. The van der Waals surface area contributed by atoms with E-state index in [1.165, 1.54) is 37.8 Å². The highest BCUT2D eigenvalue weighted by atomic mass is 35.5. The predicted molar refractivity (Wildman–Crippen MR) is 104 cm³/mol. The Morgan fingerprint density at radius 2 is 2.15 bits per heavy atom. The summed E-state index contributed by atoms with van der Waals surface area (Å²) in [6.45, 7) is 4.27. The van der Waals surface area contributed by atoms with Crippen LogP contribution in [0, 0.1) is 37.4 Å². The Bertz CT molecular complexity index is 879. The number of benzene rings is 1. The Kier molecular flexibility index (Phi) is 4.97. The fraction of sp³-hybridized carbons (Fsp3) is 0.524. The summed E-state index contributed by atoms with van der Waals surface area (Å²) < 4.78 is 15.1. The van der Waals surface area contributed by atoms with Gasteiger partial charge in [0.1, 0.15) is 5.82 Å². The molecule has 0 aliphatic heterocycles. The first-order valence-electron chi connectivity index (χ1n) is 9.68. The summed E-state index contributed by atoms with van der Waals surface area (Å²) in [5.74, 6) is 1.85. The minimum Gasteiger partial charge on any atom is -0.323 e. The third kappa shape index (κ3) is 3.75. The minimum atomic E-state index is -0.356. The van der Waals surface area contributed by atoms with E-state index in [2.05, 4.69) is 10.4 Å². The molecule has 3 unspecified atom stereocenters. The summed E-state index contributed by atoms with van der Waals surface area (Å²) in [6, 6.07) is 4.37. The largest absolute Gasteiger partial charge is 0.323 e. The summed E-state index contributed by atoms with van der Waals surface area (Å²) in [5.41, 5.74) is 3.24. The molecule has 2 fully saturated rings. The van der Waals surface area contributed by atoms with Crippen molar-refractivity contribution < 1.29 is 9.18 Å². The lowest BCUT2D eigenvalue weighted by molar-refractivity contribution is -0.117. The molecule has 0 saturated heterocycles. The van der Waals surface area contributed by atoms with Crippen molar-refractivity contribution in [1.82, 2.24) is 9.78 Å². The van der Waals surface area contributed by atoms with Gasteiger partial charge in [0, 0.05) is 11.4 Å². The molecule has 2 aliphatic rings. The third-order valence-corrected chi connectivity index (χ3v) is 6.67. The van der Waals surface area contributed by atoms with Gasteiger partial charge in [-0.1, -0.05) is 24.1 Å². The van der Waals surface area contributed by atoms with Gasteiger partial charge in [-0.3, -0.25) is 9.48 Å². The maximum atomic E-state index is 13.2. The van der Waals surface area contributed by atoms with Gasteiger partial charge in [0.15, 0.2) is 0 Å². The van der Waals surface area contributed by atoms with Crippen LogP contribution < -0.4 is 5.32 Å². The summed E-state index contributed by atoms with van der Waals surface area (Å²) >= 11 is 6.14. The van der Waals surface area contributed by atoms with E-state index < -0.39 is 0 Å². The average Bonchev–Trinajstić information content (AvgIpc) is 3.29. The van der Waals surface area contributed by atoms with Crippen LogP contribution in [0.25, 0.3) is 0 Å². The predicted octanol–water partition coefficient (Wildman–Crippen LogP) is 5.11. The first-order valence-corrected chi connectivity index (χ1v) is 10.1. The monoisotopic (exact) mass is 389 g/mol. The lowest BCUT2D eigenvalue weighted by atomic mass is 9.86. The van der Waals surface area contributed by atoms with Gasteiger partial charge in [0.25, 0.3) is 0 Å². The lowest BCUT2D eigenvalue weighted by Gasteiger charge is -2.20. The average molecular weight is 390 g/mol. The Balaban J connectivity index is 1.45. The molecule has 2 saturated carbocycles. The van der Waals surface area contributed by atoms with E-state index in [4.69, 9.17) is 11.6 Å². The van der Waals surface area contributed by atoms with Crippen molar-refractivity contribution in [2.45, 2.75) is 52.5 Å². The lowest BCUT2D eigenvalue weighted by Crippen LogP contribution is -2.20. The SMILES string of the molecule is Cc1nn(Cc2ccc(F)cc2Cl)c(C)c1NC(=O)CC1CC2CCC1C2. The molecule has 3 atom stereocenters. The number of amides is 1. The van der Waals surface area contributed by atoms with Gasteiger partial charge in [-0.2, -0.15) is 5.10 Å². The van der Waals surface area contributed by atoms with Gasteiger partial charge in [-0.05, 0) is 68.6 Å². The van der Waals surface area contributed by atoms with Crippen molar-refractivity contribution in [3.63, 3.8) is 0 Å². The summed E-state index contributed by atoms with van der Waals surface area (Å²) in [5, 5.41) is 8.00. The highest BCUT2D eigenvalue weighted by molar-refractivity contribution is 6.31. The summed E-state index contributed by atoms with van der Waals surface area (Å²) in [7, 11) is 0. The number of aryl methyl sites for hydroxylation is 1. The molecule has 2 aromatic rings. The molecule has 4 rings (SSSR count). The van der Waals surface area contributed by atoms with Crippen LogP contribution in [0.2, 0.25) is 5.02 Å². The summed E-state index contributed by atoms with van der Waals surface area (Å²) in [4.78, 5) is 12.6. The van der Waals surface area contributed by atoms with Crippen LogP contribution in [-0.2, 0) is 11.3 Å². The zero-order chi connectivity index (χ0) is 19.1. The van der Waals surface area contributed by atoms with Crippen molar-refractivity contribution in [3.8, 4) is 0 Å². The van der Waals surface area contributed by atoms with Gasteiger partial charge in [-0.15, -0.1) is 0 Å². The van der Waals surface area contributed by atoms with Crippen molar-refractivity contribution in [2.24, 2.45) is 17.8 Å². The Labute approximate surface area is 164 Å². The zero-order valence-corrected chi connectivity index (χ0v) is 16.5. The van der Waals surface area contributed by atoms with E-state index >= 15 is 0 Å². The van der Waals surface area contributed by atoms with E-state index in [1.54, 1.807) is 6.07 Å². The topological polar surface area (TPSA) is 46.9 Å². The molecule has 6 heteroatoms. The standard InChI is InChI=1S/C21H25ClFN3O/c1-12-21(24-20(27)9-17-8-14-3-4-15(17)7-14)13(2)26(25-12)11-16-5-6-18(23)10-19(16)22/h5-6,10,14-15,17H,3-4,7-9,11H2,1-2H3,(H,24,27). The maximum Gasteiger partial charge on any atom is 0.224 e. The number of anilines is 1. The molecular formula is C21H25ClFN3O. The first-order chi connectivity index (χ1) is 12.9. The zero-order valence-electron chi connectivity index (χ0n) is 15.8. The number of nitrogens with one attached hydrogen (secondary N) is 1. The molecule has 2 bridgehead atoms. The molecule has 0 radical (unpaired) electrons. The molecule has 27 heavy (non-hydrogen) atoms. The maximum absolute atomic E-state index is 13.2. The van der Waals surface area contributed by atoms with Gasteiger partial charge in [-0.25, -0.2) is 4.39 Å². The number of nitrogens with zero attached hydrogens (tertiary/aromatic N) is 2. The molecule has 1 amide bonds. The number of hydrogen-bond acceptors (Lipinski definition) is 2. The number of hydrogen-bond donors (Lipinski definition) is 1. The molecule has 4 nitrogen and oxygen atoms in total. The van der Waals surface area contributed by atoms with Crippen LogP contribution in [0.4, 0.5) is 10.1 Å². The van der Waals surface area contributed by atoms with Crippen LogP contribution in [0.3, 0.4) is 0 Å². The van der Waals surface area contributed by atoms with Crippen molar-refractivity contribution in [1.29, 1.82) is 0 Å². The van der Waals surface area contributed by atoms with Gasteiger partial charge >= 0.3 is 0 Å². The fourth-order valence-corrected chi connectivity index (χ4v) is 5.13. The smallest absolute Gasteiger partial charge is 0.224 e. The molecule has 0 spiro atoms. The van der Waals surface area contributed by atoms with Crippen LogP contribution >= 0.6 is 11.6 Å². The normalized spacial score (nSPS) is 23.8. The molecular weight excluding hydrogens is 365 g/mol. The van der Waals surface area contributed by atoms with Gasteiger partial charge < -0.3 is 5.32 Å². The molecule has 1 aromatic carbocycles. The second kappa shape index (κ2) is 7.27. The number of aromatic nitrogens is 2. The van der Waals surface area contributed by atoms with Crippen molar-refractivity contribution in [2.75, 3.05) is 5.32 Å². The Hall–Kier alpha value is -1.88. The van der Waals surface area contributed by atoms with Crippen molar-refractivity contribution in [3.05, 3.63) is 46.0 Å². The summed E-state index contributed by atoms with van der Waals surface area (Å²) in [6.07, 6.45) is 5.76. The molecule has 144 valence electrons. The molecule has 1 aromatic heterocycles. The fourth-order valence-electron chi connectivity index (χ4n) is 4.90. The Morgan fingerprint density at radius 1 is 1.33 bits per heavy atom. The number of rotatable bonds is 5.